The Morgan fingerprint density at radius 2 is 1.76 bits per heavy atom. The van der Waals surface area contributed by atoms with E-state index in [0.29, 0.717) is 17.0 Å². The second kappa shape index (κ2) is 15.1. The maximum atomic E-state index is 12.6. The first-order valence-corrected chi connectivity index (χ1v) is 13.2. The van der Waals surface area contributed by atoms with Crippen LogP contribution in [0.25, 0.3) is 11.1 Å². The van der Waals surface area contributed by atoms with Crippen LogP contribution in [-0.4, -0.2) is 52.1 Å². The topological polar surface area (TPSA) is 87.5 Å². The molecule has 0 spiro atoms. The third-order valence-corrected chi connectivity index (χ3v) is 6.25. The summed E-state index contributed by atoms with van der Waals surface area (Å²) in [4.78, 5) is 29.4. The molecule has 0 bridgehead atoms. The third kappa shape index (κ3) is 9.84. The van der Waals surface area contributed by atoms with E-state index in [0.717, 1.165) is 12.1 Å². The van der Waals surface area contributed by atoms with Crippen molar-refractivity contribution in [3.63, 3.8) is 0 Å². The fourth-order valence-corrected chi connectivity index (χ4v) is 4.48. The van der Waals surface area contributed by atoms with Gasteiger partial charge in [-0.3, -0.25) is 14.6 Å². The smallest absolute Gasteiger partial charge is 0.305 e. The molecule has 8 heteroatoms. The minimum atomic E-state index is -0.930. The van der Waals surface area contributed by atoms with Crippen molar-refractivity contribution in [3.05, 3.63) is 82.4 Å². The molecule has 38 heavy (non-hydrogen) atoms. The summed E-state index contributed by atoms with van der Waals surface area (Å²) < 4.78 is 2.42. The zero-order chi connectivity index (χ0) is 28.2. The maximum Gasteiger partial charge on any atom is 0.305 e. The number of carboxylic acid groups (broad SMARTS) is 1. The summed E-state index contributed by atoms with van der Waals surface area (Å²) in [7, 11) is 3.96. The van der Waals surface area contributed by atoms with Gasteiger partial charge < -0.3 is 19.9 Å². The quantitative estimate of drug-likeness (QED) is 0.317. The van der Waals surface area contributed by atoms with Crippen LogP contribution in [0.2, 0.25) is 0 Å². The van der Waals surface area contributed by atoms with E-state index < -0.39 is 12.0 Å². The van der Waals surface area contributed by atoms with Gasteiger partial charge >= 0.3 is 5.97 Å². The zero-order valence-electron chi connectivity index (χ0n) is 23.3. The lowest BCUT2D eigenvalue weighted by Gasteiger charge is -2.23. The Bertz CT molecular complexity index is 1240. The number of pyridine rings is 2. The fourth-order valence-electron chi connectivity index (χ4n) is 4.24. The van der Waals surface area contributed by atoms with Crippen LogP contribution in [0.4, 0.5) is 0 Å². The molecule has 7 nitrogen and oxygen atoms in total. The Balaban J connectivity index is 0.000000304. The van der Waals surface area contributed by atoms with Crippen molar-refractivity contribution in [1.82, 2.24) is 19.8 Å². The lowest BCUT2D eigenvalue weighted by molar-refractivity contribution is -0.137. The molecule has 2 aromatic heterocycles. The van der Waals surface area contributed by atoms with E-state index in [-0.39, 0.29) is 18.9 Å². The van der Waals surface area contributed by atoms with E-state index in [1.807, 2.05) is 68.0 Å². The molecule has 2 N–H and O–H groups in total. The standard InChI is InChI=1S/C17H27N3O3S.C13H13N/c1-12(2)9-14(17(23)18-8-7-16(21)22)20-11-13(10-19(3)4)5-6-15(20)24;1-10-5-3-6-11(2)13(10)12-7-4-8-14-9-12/h5-6,11-12,14H,7-10H2,1-4H3,(H,18,23)(H,21,22);3-9H,1-2H3. The van der Waals surface area contributed by atoms with Crippen molar-refractivity contribution in [1.29, 1.82) is 0 Å². The molecule has 3 rings (SSSR count). The molecule has 0 aliphatic rings. The summed E-state index contributed by atoms with van der Waals surface area (Å²) in [5, 5.41) is 11.4. The second-order valence-electron chi connectivity index (χ2n) is 10.1. The lowest BCUT2D eigenvalue weighted by atomic mass is 9.97. The highest BCUT2D eigenvalue weighted by Crippen LogP contribution is 2.25. The molecule has 1 aromatic carbocycles. The van der Waals surface area contributed by atoms with Crippen LogP contribution in [0.15, 0.2) is 61.1 Å². The van der Waals surface area contributed by atoms with Crippen molar-refractivity contribution < 1.29 is 14.7 Å². The molecule has 0 saturated heterocycles. The molecular weight excluding hydrogens is 496 g/mol. The Kier molecular flexibility index (Phi) is 12.3. The number of rotatable bonds is 10. The maximum absolute atomic E-state index is 12.6. The van der Waals surface area contributed by atoms with Crippen LogP contribution in [0.1, 0.15) is 49.4 Å². The van der Waals surface area contributed by atoms with Gasteiger partial charge in [0, 0.05) is 37.2 Å². The Morgan fingerprint density at radius 1 is 1.08 bits per heavy atom. The number of carbonyl (C=O) groups excluding carboxylic acids is 1. The van der Waals surface area contributed by atoms with Gasteiger partial charge in [0.1, 0.15) is 10.7 Å². The van der Waals surface area contributed by atoms with E-state index in [1.54, 1.807) is 6.20 Å². The SMILES string of the molecule is CC(C)CC(C(=O)NCCC(=O)O)n1cc(CN(C)C)ccc1=S.Cc1cccc(C)c1-c1cccnc1. The lowest BCUT2D eigenvalue weighted by Crippen LogP contribution is -2.35. The summed E-state index contributed by atoms with van der Waals surface area (Å²) in [5.41, 5.74) is 6.18. The number of hydrogen-bond acceptors (Lipinski definition) is 5. The van der Waals surface area contributed by atoms with Crippen LogP contribution < -0.4 is 5.32 Å². The number of nitrogens with one attached hydrogen (secondary N) is 1. The van der Waals surface area contributed by atoms with Crippen molar-refractivity contribution in [2.45, 2.75) is 53.1 Å². The van der Waals surface area contributed by atoms with Crippen molar-refractivity contribution in [2.75, 3.05) is 20.6 Å². The van der Waals surface area contributed by atoms with E-state index in [2.05, 4.69) is 48.4 Å². The first-order chi connectivity index (χ1) is 18.0. The molecule has 1 unspecified atom stereocenters. The summed E-state index contributed by atoms with van der Waals surface area (Å²) in [6, 6.07) is 13.8. The zero-order valence-corrected chi connectivity index (χ0v) is 24.1. The van der Waals surface area contributed by atoms with E-state index in [4.69, 9.17) is 17.3 Å². The largest absolute Gasteiger partial charge is 0.481 e. The average molecular weight is 537 g/mol. The molecule has 3 aromatic rings. The number of nitrogens with zero attached hydrogens (tertiary/aromatic N) is 3. The summed E-state index contributed by atoms with van der Waals surface area (Å²) in [6.45, 7) is 9.23. The summed E-state index contributed by atoms with van der Waals surface area (Å²) in [5.74, 6) is -0.817. The van der Waals surface area contributed by atoms with Crippen LogP contribution in [-0.2, 0) is 16.1 Å². The monoisotopic (exact) mass is 536 g/mol. The minimum absolute atomic E-state index is 0.0911. The molecule has 2 heterocycles. The molecule has 0 fully saturated rings. The normalized spacial score (nSPS) is 11.6. The van der Waals surface area contributed by atoms with Crippen molar-refractivity contribution in [2.24, 2.45) is 5.92 Å². The Morgan fingerprint density at radius 3 is 2.32 bits per heavy atom. The average Bonchev–Trinajstić information content (AvgIpc) is 2.84. The molecule has 0 radical (unpaired) electrons. The number of aromatic nitrogens is 2. The van der Waals surface area contributed by atoms with Crippen molar-refractivity contribution >= 4 is 24.1 Å². The van der Waals surface area contributed by atoms with Crippen LogP contribution in [0, 0.1) is 24.4 Å². The molecule has 0 aliphatic heterocycles. The van der Waals surface area contributed by atoms with E-state index in [9.17, 15) is 9.59 Å². The highest BCUT2D eigenvalue weighted by atomic mass is 32.1. The van der Waals surface area contributed by atoms with Crippen LogP contribution >= 0.6 is 12.2 Å². The highest BCUT2D eigenvalue weighted by molar-refractivity contribution is 7.71. The first kappa shape index (κ1) is 30.9. The molecule has 1 amide bonds. The Hall–Kier alpha value is -3.36. The van der Waals surface area contributed by atoms with Gasteiger partial charge in [0.2, 0.25) is 5.91 Å². The van der Waals surface area contributed by atoms with Gasteiger partial charge in [0.15, 0.2) is 0 Å². The number of aliphatic carboxylic acids is 1. The minimum Gasteiger partial charge on any atom is -0.481 e. The van der Waals surface area contributed by atoms with Gasteiger partial charge in [-0.25, -0.2) is 0 Å². The molecule has 0 saturated carbocycles. The van der Waals surface area contributed by atoms with Gasteiger partial charge in [0.25, 0.3) is 0 Å². The molecule has 204 valence electrons. The predicted octanol–water partition coefficient (Wildman–Crippen LogP) is 5.82. The van der Waals surface area contributed by atoms with Crippen LogP contribution in [0.5, 0.6) is 0 Å². The van der Waals surface area contributed by atoms with Gasteiger partial charge in [-0.15, -0.1) is 0 Å². The number of hydrogen-bond donors (Lipinski definition) is 2. The van der Waals surface area contributed by atoms with Gasteiger partial charge in [-0.2, -0.15) is 0 Å². The third-order valence-electron chi connectivity index (χ3n) is 5.90. The number of carbonyl (C=O) groups is 2. The fraction of sp³-hybridized carbons (Fsp3) is 0.400. The van der Waals surface area contributed by atoms with E-state index in [1.165, 1.54) is 22.3 Å². The van der Waals surface area contributed by atoms with Gasteiger partial charge in [0.05, 0.1) is 6.42 Å². The van der Waals surface area contributed by atoms with Gasteiger partial charge in [-0.1, -0.05) is 56.4 Å². The number of benzene rings is 1. The van der Waals surface area contributed by atoms with E-state index >= 15 is 0 Å². The first-order valence-electron chi connectivity index (χ1n) is 12.8. The number of carboxylic acids is 1. The summed E-state index contributed by atoms with van der Waals surface area (Å²) >= 11 is 5.40. The number of amides is 1. The summed E-state index contributed by atoms with van der Waals surface area (Å²) in [6.07, 6.45) is 6.18. The predicted molar refractivity (Wildman–Crippen MR) is 156 cm³/mol. The number of aryl methyl sites for hydroxylation is 2. The Labute approximate surface area is 231 Å². The van der Waals surface area contributed by atoms with Crippen LogP contribution in [0.3, 0.4) is 0 Å². The highest BCUT2D eigenvalue weighted by Gasteiger charge is 2.22. The molecular formula is C30H40N4O3S. The second-order valence-corrected chi connectivity index (χ2v) is 10.5. The molecule has 0 aliphatic carbocycles. The van der Waals surface area contributed by atoms with Gasteiger partial charge in [-0.05, 0) is 74.7 Å². The molecule has 1 atom stereocenters. The van der Waals surface area contributed by atoms with Crippen molar-refractivity contribution in [3.8, 4) is 11.1 Å².